The average Bonchev–Trinajstić information content (AvgIpc) is 2.29. The molecule has 1 atom stereocenters. The molecular weight excluding hydrogens is 244 g/mol. The van der Waals surface area contributed by atoms with Crippen LogP contribution in [0.3, 0.4) is 0 Å². The van der Waals surface area contributed by atoms with Crippen molar-refractivity contribution in [1.29, 1.82) is 0 Å². The van der Waals surface area contributed by atoms with Crippen LogP contribution in [0.15, 0.2) is 24.3 Å². The van der Waals surface area contributed by atoms with Crippen LogP contribution in [0.2, 0.25) is 0 Å². The number of hydrogen-bond acceptors (Lipinski definition) is 3. The van der Waals surface area contributed by atoms with Crippen molar-refractivity contribution in [1.82, 2.24) is 0 Å². The van der Waals surface area contributed by atoms with Crippen LogP contribution in [0.1, 0.15) is 5.56 Å². The molecule has 1 amide bonds. The van der Waals surface area contributed by atoms with Crippen molar-refractivity contribution in [2.45, 2.75) is 12.5 Å². The minimum absolute atomic E-state index is 0.126. The maximum atomic E-state index is 11.1. The van der Waals surface area contributed by atoms with E-state index in [0.29, 0.717) is 5.69 Å². The van der Waals surface area contributed by atoms with Gasteiger partial charge in [0.15, 0.2) is 0 Å². The minimum atomic E-state index is -1.06. The van der Waals surface area contributed by atoms with E-state index in [1.54, 1.807) is 24.3 Å². The number of alkyl halides is 1. The number of nitrogens with two attached hydrogens (primary N) is 1. The largest absolute Gasteiger partial charge is 0.480 e. The van der Waals surface area contributed by atoms with Crippen LogP contribution in [0.25, 0.3) is 0 Å². The van der Waals surface area contributed by atoms with E-state index in [0.717, 1.165) is 5.56 Å². The molecule has 0 aliphatic carbocycles. The first kappa shape index (κ1) is 13.5. The van der Waals surface area contributed by atoms with Crippen molar-refractivity contribution < 1.29 is 14.7 Å². The van der Waals surface area contributed by atoms with Crippen molar-refractivity contribution in [3.8, 4) is 0 Å². The van der Waals surface area contributed by atoms with Crippen LogP contribution in [0, 0.1) is 0 Å². The van der Waals surface area contributed by atoms with Gasteiger partial charge in [-0.3, -0.25) is 9.59 Å². The highest BCUT2D eigenvalue weighted by Gasteiger charge is 2.12. The predicted molar refractivity (Wildman–Crippen MR) is 65.1 cm³/mol. The van der Waals surface area contributed by atoms with Crippen LogP contribution >= 0.6 is 11.6 Å². The fourth-order valence-electron chi connectivity index (χ4n) is 1.31. The lowest BCUT2D eigenvalue weighted by Gasteiger charge is -2.08. The van der Waals surface area contributed by atoms with E-state index in [2.05, 4.69) is 5.32 Å². The van der Waals surface area contributed by atoms with Crippen LogP contribution < -0.4 is 11.1 Å². The maximum Gasteiger partial charge on any atom is 0.320 e. The summed E-state index contributed by atoms with van der Waals surface area (Å²) in [5.74, 6) is -1.50. The molecule has 4 N–H and O–H groups in total. The van der Waals surface area contributed by atoms with Crippen LogP contribution in [0.5, 0.6) is 0 Å². The molecule has 0 bridgehead atoms. The van der Waals surface area contributed by atoms with E-state index >= 15 is 0 Å². The Hall–Kier alpha value is -1.59. The second-order valence-electron chi connectivity index (χ2n) is 3.53. The normalized spacial score (nSPS) is 11.9. The van der Waals surface area contributed by atoms with Gasteiger partial charge in [-0.25, -0.2) is 0 Å². The molecule has 1 unspecified atom stereocenters. The summed E-state index contributed by atoms with van der Waals surface area (Å²) >= 11 is 5.36. The zero-order valence-electron chi connectivity index (χ0n) is 9.02. The van der Waals surface area contributed by atoms with Gasteiger partial charge in [0.2, 0.25) is 5.91 Å². The van der Waals surface area contributed by atoms with Gasteiger partial charge in [0, 0.05) is 5.69 Å². The summed E-state index contributed by atoms with van der Waals surface area (Å²) in [7, 11) is 0. The number of carbonyl (C=O) groups excluding carboxylic acids is 1. The molecule has 92 valence electrons. The summed E-state index contributed by atoms with van der Waals surface area (Å²) in [6.45, 7) is 0. The first-order chi connectivity index (χ1) is 8.02. The zero-order chi connectivity index (χ0) is 12.8. The van der Waals surface area contributed by atoms with Gasteiger partial charge in [0.05, 0.1) is 0 Å². The summed E-state index contributed by atoms with van der Waals surface area (Å²) in [4.78, 5) is 21.7. The number of carboxylic acid groups (broad SMARTS) is 1. The highest BCUT2D eigenvalue weighted by Crippen LogP contribution is 2.12. The fourth-order valence-corrected chi connectivity index (χ4v) is 1.38. The number of carboxylic acids is 1. The average molecular weight is 257 g/mol. The Balaban J connectivity index is 2.72. The smallest absolute Gasteiger partial charge is 0.320 e. The van der Waals surface area contributed by atoms with Crippen molar-refractivity contribution >= 4 is 29.2 Å². The van der Waals surface area contributed by atoms with Gasteiger partial charge in [0.1, 0.15) is 11.9 Å². The first-order valence-electron chi connectivity index (χ1n) is 4.96. The lowest BCUT2D eigenvalue weighted by molar-refractivity contribution is -0.138. The number of anilines is 1. The van der Waals surface area contributed by atoms with Gasteiger partial charge in [-0.15, -0.1) is 11.6 Å². The molecule has 5 nitrogen and oxygen atoms in total. The summed E-state index contributed by atoms with van der Waals surface area (Å²) in [5.41, 5.74) is 6.74. The third-order valence-corrected chi connectivity index (χ3v) is 2.35. The Bertz CT molecular complexity index is 423. The van der Waals surface area contributed by atoms with E-state index in [4.69, 9.17) is 22.4 Å². The number of benzene rings is 1. The first-order valence-corrected chi connectivity index (χ1v) is 5.49. The maximum absolute atomic E-state index is 11.1. The highest BCUT2D eigenvalue weighted by molar-refractivity contribution is 6.29. The van der Waals surface area contributed by atoms with Crippen molar-refractivity contribution in [3.63, 3.8) is 0 Å². The molecule has 6 heteroatoms. The second-order valence-corrected chi connectivity index (χ2v) is 3.80. The molecule has 0 aliphatic heterocycles. The molecule has 0 saturated carbocycles. The number of rotatable bonds is 5. The topological polar surface area (TPSA) is 92.4 Å². The summed E-state index contributed by atoms with van der Waals surface area (Å²) in [5, 5.41) is 11.3. The molecule has 0 fully saturated rings. The van der Waals surface area contributed by atoms with Crippen LogP contribution in [-0.2, 0) is 16.0 Å². The Labute approximate surface area is 104 Å². The van der Waals surface area contributed by atoms with Crippen LogP contribution in [-0.4, -0.2) is 28.9 Å². The number of amides is 1. The van der Waals surface area contributed by atoms with Crippen LogP contribution in [0.4, 0.5) is 5.69 Å². The molecule has 1 aromatic carbocycles. The summed E-state index contributed by atoms with van der Waals surface area (Å²) < 4.78 is 0. The molecule has 0 radical (unpaired) electrons. The van der Waals surface area contributed by atoms with E-state index in [1.165, 1.54) is 0 Å². The van der Waals surface area contributed by atoms with E-state index in [9.17, 15) is 9.59 Å². The van der Waals surface area contributed by atoms with Crippen molar-refractivity contribution in [2.24, 2.45) is 5.73 Å². The Kier molecular flexibility index (Phi) is 4.93. The molecule has 0 heterocycles. The summed E-state index contributed by atoms with van der Waals surface area (Å²) in [6, 6.07) is 5.88. The number of aliphatic carboxylic acids is 1. The molecular formula is C11H13ClN2O3. The molecule has 1 aromatic rings. The van der Waals surface area contributed by atoms with Gasteiger partial charge >= 0.3 is 5.97 Å². The number of hydrogen-bond donors (Lipinski definition) is 3. The monoisotopic (exact) mass is 256 g/mol. The lowest BCUT2D eigenvalue weighted by Crippen LogP contribution is -2.32. The zero-order valence-corrected chi connectivity index (χ0v) is 9.78. The minimum Gasteiger partial charge on any atom is -0.480 e. The Morgan fingerprint density at radius 1 is 1.47 bits per heavy atom. The van der Waals surface area contributed by atoms with Gasteiger partial charge in [-0.2, -0.15) is 0 Å². The van der Waals surface area contributed by atoms with E-state index in [-0.39, 0.29) is 18.2 Å². The van der Waals surface area contributed by atoms with Crippen molar-refractivity contribution in [2.75, 3.05) is 11.2 Å². The number of nitrogens with one attached hydrogen (secondary N) is 1. The van der Waals surface area contributed by atoms with E-state index < -0.39 is 12.0 Å². The standard InChI is InChI=1S/C11H13ClN2O3/c12-6-10(15)14-8-3-1-2-7(4-8)5-9(13)11(16)17/h1-4,9H,5-6,13H2,(H,14,15)(H,16,17). The van der Waals surface area contributed by atoms with E-state index in [1.807, 2.05) is 0 Å². The highest BCUT2D eigenvalue weighted by atomic mass is 35.5. The Morgan fingerprint density at radius 3 is 2.76 bits per heavy atom. The molecule has 1 rings (SSSR count). The third-order valence-electron chi connectivity index (χ3n) is 2.10. The van der Waals surface area contributed by atoms with Crippen molar-refractivity contribution in [3.05, 3.63) is 29.8 Å². The van der Waals surface area contributed by atoms with Gasteiger partial charge in [-0.1, -0.05) is 12.1 Å². The number of carbonyl (C=O) groups is 2. The third kappa shape index (κ3) is 4.42. The Morgan fingerprint density at radius 2 is 2.18 bits per heavy atom. The lowest BCUT2D eigenvalue weighted by atomic mass is 10.1. The predicted octanol–water partition coefficient (Wildman–Crippen LogP) is 0.818. The summed E-state index contributed by atoms with van der Waals surface area (Å²) in [6.07, 6.45) is 0.208. The molecule has 0 aliphatic rings. The molecule has 0 aromatic heterocycles. The SMILES string of the molecule is NC(Cc1cccc(NC(=O)CCl)c1)C(=O)O. The quantitative estimate of drug-likeness (QED) is 0.680. The molecule has 0 spiro atoms. The molecule has 0 saturated heterocycles. The number of halogens is 1. The van der Waals surface area contributed by atoms with Gasteiger partial charge in [0.25, 0.3) is 0 Å². The second kappa shape index (κ2) is 6.22. The fraction of sp³-hybridized carbons (Fsp3) is 0.273. The van der Waals surface area contributed by atoms with Gasteiger partial charge in [-0.05, 0) is 24.1 Å². The van der Waals surface area contributed by atoms with Gasteiger partial charge < -0.3 is 16.2 Å². The molecule has 17 heavy (non-hydrogen) atoms.